The Bertz CT molecular complexity index is 3220. The number of nitrogens with zero attached hydrogens (tertiary/aromatic N) is 2. The van der Waals surface area contributed by atoms with Crippen LogP contribution in [-0.2, 0) is 0 Å². The normalized spacial score (nSPS) is 11.6. The van der Waals surface area contributed by atoms with Gasteiger partial charge in [-0.05, 0) is 78.8 Å². The van der Waals surface area contributed by atoms with Crippen LogP contribution in [-0.4, -0.2) is 9.97 Å². The van der Waals surface area contributed by atoms with Crippen LogP contribution in [0.3, 0.4) is 0 Å². The zero-order chi connectivity index (χ0) is 36.3. The van der Waals surface area contributed by atoms with Gasteiger partial charge in [-0.25, -0.2) is 9.97 Å². The van der Waals surface area contributed by atoms with Gasteiger partial charge in [0.25, 0.3) is 0 Å². The molecule has 0 saturated carbocycles. The van der Waals surface area contributed by atoms with Crippen LogP contribution in [0.1, 0.15) is 0 Å². The molecule has 0 atom stereocenters. The lowest BCUT2D eigenvalue weighted by molar-refractivity contribution is 0.670. The van der Waals surface area contributed by atoms with Crippen LogP contribution in [0.25, 0.3) is 110 Å². The van der Waals surface area contributed by atoms with Crippen molar-refractivity contribution in [3.63, 3.8) is 0 Å². The molecule has 0 radical (unpaired) electrons. The van der Waals surface area contributed by atoms with Crippen molar-refractivity contribution in [3.8, 4) is 56.2 Å². The monoisotopic (exact) mass is 700 g/mol. The van der Waals surface area contributed by atoms with E-state index in [-0.39, 0.29) is 0 Å². The predicted molar refractivity (Wildman–Crippen MR) is 229 cm³/mol. The van der Waals surface area contributed by atoms with Crippen LogP contribution in [0.2, 0.25) is 0 Å². The summed E-state index contributed by atoms with van der Waals surface area (Å²) in [6.45, 7) is 0. The molecule has 3 heteroatoms. The Kier molecular flexibility index (Phi) is 7.17. The van der Waals surface area contributed by atoms with Crippen molar-refractivity contribution in [2.75, 3.05) is 0 Å². The predicted octanol–water partition coefficient (Wildman–Crippen LogP) is 14.2. The molecule has 55 heavy (non-hydrogen) atoms. The molecule has 11 aromatic rings. The average Bonchev–Trinajstić information content (AvgIpc) is 3.66. The summed E-state index contributed by atoms with van der Waals surface area (Å²) in [5, 5.41) is 9.50. The maximum atomic E-state index is 6.56. The molecule has 0 amide bonds. The number of fused-ring (bicyclic) bond motifs is 9. The van der Waals surface area contributed by atoms with E-state index in [4.69, 9.17) is 14.4 Å². The van der Waals surface area contributed by atoms with Gasteiger partial charge in [-0.15, -0.1) is 0 Å². The summed E-state index contributed by atoms with van der Waals surface area (Å²) in [5.74, 6) is 0.661. The number of hydrogen-bond donors (Lipinski definition) is 0. The molecular formula is C52H32N2O. The van der Waals surface area contributed by atoms with Gasteiger partial charge < -0.3 is 4.42 Å². The summed E-state index contributed by atoms with van der Waals surface area (Å²) in [6, 6.07) is 68.5. The largest absolute Gasteiger partial charge is 0.455 e. The lowest BCUT2D eigenvalue weighted by atomic mass is 9.93. The Morgan fingerprint density at radius 2 is 0.782 bits per heavy atom. The first-order valence-electron chi connectivity index (χ1n) is 18.7. The zero-order valence-electron chi connectivity index (χ0n) is 29.8. The van der Waals surface area contributed by atoms with Crippen LogP contribution < -0.4 is 0 Å². The van der Waals surface area contributed by atoms with Crippen molar-refractivity contribution in [1.82, 2.24) is 9.97 Å². The van der Waals surface area contributed by atoms with Gasteiger partial charge in [-0.1, -0.05) is 170 Å². The highest BCUT2D eigenvalue weighted by atomic mass is 16.3. The fourth-order valence-corrected chi connectivity index (χ4v) is 8.28. The Hall–Kier alpha value is -7.36. The number of hydrogen-bond acceptors (Lipinski definition) is 3. The molecule has 9 aromatic carbocycles. The molecule has 0 spiro atoms. The van der Waals surface area contributed by atoms with E-state index in [1.165, 1.54) is 43.4 Å². The molecule has 0 fully saturated rings. The van der Waals surface area contributed by atoms with Gasteiger partial charge in [0, 0.05) is 27.5 Å². The minimum absolute atomic E-state index is 0.661. The smallest absolute Gasteiger partial charge is 0.160 e. The first-order chi connectivity index (χ1) is 27.3. The van der Waals surface area contributed by atoms with Gasteiger partial charge in [0.1, 0.15) is 11.2 Å². The molecule has 0 saturated heterocycles. The van der Waals surface area contributed by atoms with E-state index in [2.05, 4.69) is 182 Å². The highest BCUT2D eigenvalue weighted by molar-refractivity contribution is 6.25. The maximum Gasteiger partial charge on any atom is 0.160 e. The third-order valence-corrected chi connectivity index (χ3v) is 10.9. The van der Waals surface area contributed by atoms with Crippen molar-refractivity contribution in [3.05, 3.63) is 194 Å². The Balaban J connectivity index is 1.14. The molecule has 2 aromatic heterocycles. The lowest BCUT2D eigenvalue weighted by Crippen LogP contribution is -1.97. The van der Waals surface area contributed by atoms with E-state index in [0.29, 0.717) is 5.82 Å². The van der Waals surface area contributed by atoms with Crippen LogP contribution in [0.15, 0.2) is 199 Å². The molecular weight excluding hydrogens is 669 g/mol. The molecule has 0 N–H and O–H groups in total. The van der Waals surface area contributed by atoms with Gasteiger partial charge in [-0.3, -0.25) is 0 Å². The quantitative estimate of drug-likeness (QED) is 0.168. The third-order valence-electron chi connectivity index (χ3n) is 10.9. The summed E-state index contributed by atoms with van der Waals surface area (Å²) in [4.78, 5) is 10.7. The van der Waals surface area contributed by atoms with E-state index in [1.54, 1.807) is 0 Å². The number of para-hydroxylation sites is 2. The van der Waals surface area contributed by atoms with Crippen molar-refractivity contribution in [2.24, 2.45) is 0 Å². The topological polar surface area (TPSA) is 38.9 Å². The van der Waals surface area contributed by atoms with E-state index in [0.717, 1.165) is 61.1 Å². The fourth-order valence-electron chi connectivity index (χ4n) is 8.28. The van der Waals surface area contributed by atoms with Gasteiger partial charge in [-0.2, -0.15) is 0 Å². The minimum atomic E-state index is 0.661. The summed E-state index contributed by atoms with van der Waals surface area (Å²) >= 11 is 0. The molecule has 0 aliphatic carbocycles. The van der Waals surface area contributed by atoms with Gasteiger partial charge >= 0.3 is 0 Å². The van der Waals surface area contributed by atoms with Crippen LogP contribution in [0.4, 0.5) is 0 Å². The first kappa shape index (κ1) is 31.2. The third kappa shape index (κ3) is 5.20. The Morgan fingerprint density at radius 3 is 1.51 bits per heavy atom. The summed E-state index contributed by atoms with van der Waals surface area (Å²) in [6.07, 6.45) is 0. The number of benzene rings is 9. The zero-order valence-corrected chi connectivity index (χ0v) is 29.8. The average molecular weight is 701 g/mol. The molecule has 256 valence electrons. The second-order valence-corrected chi connectivity index (χ2v) is 14.1. The number of aromatic nitrogens is 2. The van der Waals surface area contributed by atoms with Gasteiger partial charge in [0.2, 0.25) is 0 Å². The van der Waals surface area contributed by atoms with Gasteiger partial charge in [0.05, 0.1) is 11.4 Å². The molecule has 0 aliphatic heterocycles. The maximum absolute atomic E-state index is 6.56. The fraction of sp³-hybridized carbons (Fsp3) is 0. The summed E-state index contributed by atoms with van der Waals surface area (Å²) in [5.41, 5.74) is 10.9. The molecule has 0 unspecified atom stereocenters. The van der Waals surface area contributed by atoms with Crippen molar-refractivity contribution < 1.29 is 4.42 Å². The summed E-state index contributed by atoms with van der Waals surface area (Å²) in [7, 11) is 0. The van der Waals surface area contributed by atoms with Crippen molar-refractivity contribution in [2.45, 2.75) is 0 Å². The lowest BCUT2D eigenvalue weighted by Gasteiger charge is -2.15. The number of rotatable bonds is 5. The highest BCUT2D eigenvalue weighted by Gasteiger charge is 2.19. The molecule has 3 nitrogen and oxygen atoms in total. The van der Waals surface area contributed by atoms with Crippen molar-refractivity contribution in [1.29, 1.82) is 0 Å². The minimum Gasteiger partial charge on any atom is -0.455 e. The second-order valence-electron chi connectivity index (χ2n) is 14.1. The second kappa shape index (κ2) is 12.6. The van der Waals surface area contributed by atoms with E-state index < -0.39 is 0 Å². The van der Waals surface area contributed by atoms with Gasteiger partial charge in [0.15, 0.2) is 5.82 Å². The molecule has 0 bridgehead atoms. The highest BCUT2D eigenvalue weighted by Crippen LogP contribution is 2.41. The molecule has 2 heterocycles. The first-order valence-corrected chi connectivity index (χ1v) is 18.7. The molecule has 0 aliphatic rings. The summed E-state index contributed by atoms with van der Waals surface area (Å²) < 4.78 is 6.56. The van der Waals surface area contributed by atoms with E-state index in [1.807, 2.05) is 12.1 Å². The van der Waals surface area contributed by atoms with Crippen LogP contribution in [0.5, 0.6) is 0 Å². The van der Waals surface area contributed by atoms with Crippen molar-refractivity contribution >= 4 is 54.3 Å². The standard InChI is InChI=1S/C52H32N2O/c1-2-13-33(14-3-1)34-25-27-35(28-26-34)37-15-4-9-20-43(37)48-32-49(46-23-12-22-45-44-21-10-11-24-50(44)55-51(45)46)54-52(53-48)36-29-30-42-40-18-6-5-16-38(40)39-17-7-8-19-41(39)47(42)31-36/h1-32H. The molecule has 11 rings (SSSR count). The van der Waals surface area contributed by atoms with Crippen LogP contribution in [0, 0.1) is 0 Å². The Morgan fingerprint density at radius 1 is 0.291 bits per heavy atom. The SMILES string of the molecule is c1ccc(-c2ccc(-c3ccccc3-c3cc(-c4cccc5c4oc4ccccc45)nc(-c4ccc5c6ccccc6c6ccccc6c5c4)n3)cc2)cc1. The van der Waals surface area contributed by atoms with E-state index >= 15 is 0 Å². The Labute approximate surface area is 317 Å². The van der Waals surface area contributed by atoms with E-state index in [9.17, 15) is 0 Å². The number of furan rings is 1. The van der Waals surface area contributed by atoms with Crippen LogP contribution >= 0.6 is 0 Å².